The van der Waals surface area contributed by atoms with Crippen molar-refractivity contribution in [1.82, 2.24) is 5.32 Å². The maximum absolute atomic E-state index is 6.08. The van der Waals surface area contributed by atoms with E-state index in [0.29, 0.717) is 6.04 Å². The molecule has 0 aliphatic heterocycles. The third-order valence-corrected chi connectivity index (χ3v) is 4.90. The lowest BCUT2D eigenvalue weighted by Gasteiger charge is -2.43. The van der Waals surface area contributed by atoms with Gasteiger partial charge in [0.1, 0.15) is 0 Å². The minimum Gasteiger partial charge on any atom is -0.377 e. The molecule has 1 aromatic carbocycles. The summed E-state index contributed by atoms with van der Waals surface area (Å²) in [6.07, 6.45) is 8.57. The summed E-state index contributed by atoms with van der Waals surface area (Å²) in [5.74, 6) is 0. The molecule has 0 radical (unpaired) electrons. The predicted octanol–water partition coefficient (Wildman–Crippen LogP) is 4.26. The van der Waals surface area contributed by atoms with Crippen molar-refractivity contribution in [3.05, 3.63) is 35.4 Å². The van der Waals surface area contributed by atoms with E-state index in [-0.39, 0.29) is 5.60 Å². The molecule has 1 atom stereocenters. The fourth-order valence-corrected chi connectivity index (χ4v) is 3.68. The number of hydrogen-bond acceptors (Lipinski definition) is 2. The van der Waals surface area contributed by atoms with Gasteiger partial charge in [-0.05, 0) is 44.7 Å². The van der Waals surface area contributed by atoms with Gasteiger partial charge in [0.25, 0.3) is 0 Å². The minimum absolute atomic E-state index is 0.0250. The van der Waals surface area contributed by atoms with Gasteiger partial charge >= 0.3 is 0 Å². The maximum Gasteiger partial charge on any atom is 0.0834 e. The van der Waals surface area contributed by atoms with Gasteiger partial charge in [-0.1, -0.05) is 56.0 Å². The predicted molar refractivity (Wildman–Crippen MR) is 89.8 cm³/mol. The fourth-order valence-electron chi connectivity index (χ4n) is 3.68. The standard InChI is InChI=1S/C19H31NO/c1-4-13-20-18(15-17-10-8-9-16(2)14-17)19(21-3)11-6-5-7-12-19/h8-10,14,18,20H,4-7,11-13,15H2,1-3H3. The first-order valence-corrected chi connectivity index (χ1v) is 8.54. The largest absolute Gasteiger partial charge is 0.377 e. The van der Waals surface area contributed by atoms with E-state index in [4.69, 9.17) is 4.74 Å². The van der Waals surface area contributed by atoms with E-state index < -0.39 is 0 Å². The fraction of sp³-hybridized carbons (Fsp3) is 0.684. The van der Waals surface area contributed by atoms with Crippen molar-refractivity contribution in [2.24, 2.45) is 0 Å². The van der Waals surface area contributed by atoms with E-state index in [1.54, 1.807) is 0 Å². The highest BCUT2D eigenvalue weighted by atomic mass is 16.5. The van der Waals surface area contributed by atoms with E-state index in [1.807, 2.05) is 7.11 Å². The van der Waals surface area contributed by atoms with Crippen LogP contribution in [0.4, 0.5) is 0 Å². The van der Waals surface area contributed by atoms with Gasteiger partial charge in [-0.2, -0.15) is 0 Å². The minimum atomic E-state index is 0.0250. The number of methoxy groups -OCH3 is 1. The Morgan fingerprint density at radius 1 is 1.24 bits per heavy atom. The van der Waals surface area contributed by atoms with Crippen LogP contribution in [-0.4, -0.2) is 25.3 Å². The van der Waals surface area contributed by atoms with Crippen molar-refractivity contribution in [3.63, 3.8) is 0 Å². The van der Waals surface area contributed by atoms with Gasteiger partial charge in [0.05, 0.1) is 5.60 Å². The van der Waals surface area contributed by atoms with E-state index in [2.05, 4.69) is 43.4 Å². The smallest absolute Gasteiger partial charge is 0.0834 e. The Bertz CT molecular complexity index is 423. The second kappa shape index (κ2) is 7.95. The third kappa shape index (κ3) is 4.31. The zero-order valence-corrected chi connectivity index (χ0v) is 14.0. The van der Waals surface area contributed by atoms with Crippen molar-refractivity contribution in [2.75, 3.05) is 13.7 Å². The van der Waals surface area contributed by atoms with Gasteiger partial charge in [0, 0.05) is 13.2 Å². The van der Waals surface area contributed by atoms with Crippen molar-refractivity contribution in [2.45, 2.75) is 70.4 Å². The zero-order chi connectivity index (χ0) is 15.1. The first-order valence-electron chi connectivity index (χ1n) is 8.54. The Balaban J connectivity index is 2.16. The molecule has 1 unspecified atom stereocenters. The van der Waals surface area contributed by atoms with E-state index in [1.165, 1.54) is 49.7 Å². The Labute approximate surface area is 130 Å². The van der Waals surface area contributed by atoms with Crippen molar-refractivity contribution in [1.29, 1.82) is 0 Å². The SMILES string of the molecule is CCCNC(Cc1cccc(C)c1)C1(OC)CCCCC1. The molecule has 2 nitrogen and oxygen atoms in total. The van der Waals surface area contributed by atoms with Crippen LogP contribution in [0.5, 0.6) is 0 Å². The van der Waals surface area contributed by atoms with Crippen LogP contribution in [0.15, 0.2) is 24.3 Å². The van der Waals surface area contributed by atoms with Gasteiger partial charge in [-0.25, -0.2) is 0 Å². The molecule has 118 valence electrons. The average molecular weight is 289 g/mol. The number of ether oxygens (including phenoxy) is 1. The molecule has 0 saturated heterocycles. The molecule has 1 aliphatic carbocycles. The normalized spacial score (nSPS) is 19.4. The van der Waals surface area contributed by atoms with E-state index in [0.717, 1.165) is 13.0 Å². The highest BCUT2D eigenvalue weighted by molar-refractivity contribution is 5.23. The number of rotatable bonds is 7. The molecule has 1 fully saturated rings. The van der Waals surface area contributed by atoms with Crippen LogP contribution in [0, 0.1) is 6.92 Å². The molecule has 2 rings (SSSR count). The summed E-state index contributed by atoms with van der Waals surface area (Å²) in [7, 11) is 1.90. The second-order valence-corrected chi connectivity index (χ2v) is 6.53. The zero-order valence-electron chi connectivity index (χ0n) is 14.0. The number of nitrogens with one attached hydrogen (secondary N) is 1. The Morgan fingerprint density at radius 3 is 2.62 bits per heavy atom. The van der Waals surface area contributed by atoms with Crippen LogP contribution in [0.25, 0.3) is 0 Å². The molecule has 1 N–H and O–H groups in total. The van der Waals surface area contributed by atoms with Crippen LogP contribution in [0.2, 0.25) is 0 Å². The van der Waals surface area contributed by atoms with Crippen molar-refractivity contribution in [3.8, 4) is 0 Å². The summed E-state index contributed by atoms with van der Waals surface area (Å²) >= 11 is 0. The van der Waals surface area contributed by atoms with Crippen LogP contribution in [-0.2, 0) is 11.2 Å². The number of hydrogen-bond donors (Lipinski definition) is 1. The molecule has 0 amide bonds. The molecular formula is C19H31NO. The van der Waals surface area contributed by atoms with Crippen LogP contribution >= 0.6 is 0 Å². The molecule has 1 saturated carbocycles. The molecule has 2 heteroatoms. The quantitative estimate of drug-likeness (QED) is 0.810. The molecule has 0 spiro atoms. The lowest BCUT2D eigenvalue weighted by atomic mass is 9.77. The first-order chi connectivity index (χ1) is 10.2. The summed E-state index contributed by atoms with van der Waals surface area (Å²) in [6.45, 7) is 5.48. The van der Waals surface area contributed by atoms with E-state index >= 15 is 0 Å². The average Bonchev–Trinajstić information content (AvgIpc) is 2.52. The summed E-state index contributed by atoms with van der Waals surface area (Å²) in [5, 5.41) is 3.77. The van der Waals surface area contributed by atoms with Crippen LogP contribution in [0.1, 0.15) is 56.6 Å². The van der Waals surface area contributed by atoms with Crippen LogP contribution in [0.3, 0.4) is 0 Å². The van der Waals surface area contributed by atoms with Gasteiger partial charge in [0.15, 0.2) is 0 Å². The lowest BCUT2D eigenvalue weighted by molar-refractivity contribution is -0.0672. The van der Waals surface area contributed by atoms with Gasteiger partial charge in [0.2, 0.25) is 0 Å². The monoisotopic (exact) mass is 289 g/mol. The molecule has 1 aliphatic rings. The number of aryl methyl sites for hydroxylation is 1. The van der Waals surface area contributed by atoms with Crippen molar-refractivity contribution < 1.29 is 4.74 Å². The third-order valence-electron chi connectivity index (χ3n) is 4.90. The summed E-state index contributed by atoms with van der Waals surface area (Å²) in [5.41, 5.74) is 2.79. The molecule has 0 bridgehead atoms. The maximum atomic E-state index is 6.08. The summed E-state index contributed by atoms with van der Waals surface area (Å²) in [4.78, 5) is 0. The molecule has 1 aromatic rings. The molecular weight excluding hydrogens is 258 g/mol. The summed E-state index contributed by atoms with van der Waals surface area (Å²) < 4.78 is 6.08. The van der Waals surface area contributed by atoms with Gasteiger partial charge in [-0.3, -0.25) is 0 Å². The lowest BCUT2D eigenvalue weighted by Crippen LogP contribution is -2.54. The number of benzene rings is 1. The topological polar surface area (TPSA) is 21.3 Å². The Kier molecular flexibility index (Phi) is 6.25. The molecule has 0 aromatic heterocycles. The highest BCUT2D eigenvalue weighted by Gasteiger charge is 2.39. The molecule has 21 heavy (non-hydrogen) atoms. The second-order valence-electron chi connectivity index (χ2n) is 6.53. The van der Waals surface area contributed by atoms with Gasteiger partial charge in [-0.15, -0.1) is 0 Å². The van der Waals surface area contributed by atoms with Gasteiger partial charge < -0.3 is 10.1 Å². The Morgan fingerprint density at radius 2 is 2.00 bits per heavy atom. The Hall–Kier alpha value is -0.860. The molecule has 0 heterocycles. The van der Waals surface area contributed by atoms with E-state index in [9.17, 15) is 0 Å². The highest BCUT2D eigenvalue weighted by Crippen LogP contribution is 2.35. The summed E-state index contributed by atoms with van der Waals surface area (Å²) in [6, 6.07) is 9.32. The first kappa shape index (κ1) is 16.5. The van der Waals surface area contributed by atoms with Crippen molar-refractivity contribution >= 4 is 0 Å². The van der Waals surface area contributed by atoms with Crippen LogP contribution < -0.4 is 5.32 Å².